The quantitative estimate of drug-likeness (QED) is 0.779. The normalized spacial score (nSPS) is 11.3. The molecule has 0 saturated carbocycles. The molecule has 0 spiro atoms. The van der Waals surface area contributed by atoms with Gasteiger partial charge in [-0.3, -0.25) is 14.3 Å². The van der Waals surface area contributed by atoms with Crippen molar-refractivity contribution in [1.82, 2.24) is 9.55 Å². The summed E-state index contributed by atoms with van der Waals surface area (Å²) in [7, 11) is 0. The van der Waals surface area contributed by atoms with Crippen LogP contribution in [-0.4, -0.2) is 9.55 Å². The van der Waals surface area contributed by atoms with Gasteiger partial charge in [0.25, 0.3) is 5.56 Å². The molecule has 3 aromatic rings. The molecule has 98 valence electrons. The molecule has 19 heavy (non-hydrogen) atoms. The van der Waals surface area contributed by atoms with Gasteiger partial charge in [-0.05, 0) is 35.0 Å². The standard InChI is InChI=1S/C12H9BrN2O3S/c1-2-15-11(16)8-7(6-4-3-5-18-6)9(13)19-10(8)14-12(15)17/h3-5H,2H2,1H3,(H,14,17). The first-order chi connectivity index (χ1) is 9.13. The summed E-state index contributed by atoms with van der Waals surface area (Å²) in [5, 5.41) is 0.480. The number of thiophene rings is 1. The van der Waals surface area contributed by atoms with Gasteiger partial charge in [0.1, 0.15) is 10.6 Å². The van der Waals surface area contributed by atoms with E-state index in [1.807, 2.05) is 0 Å². The average Bonchev–Trinajstić information content (AvgIpc) is 2.96. The van der Waals surface area contributed by atoms with E-state index in [1.165, 1.54) is 15.9 Å². The van der Waals surface area contributed by atoms with Crippen LogP contribution < -0.4 is 11.2 Å². The Morgan fingerprint density at radius 3 is 2.89 bits per heavy atom. The van der Waals surface area contributed by atoms with Crippen LogP contribution in [0.5, 0.6) is 0 Å². The van der Waals surface area contributed by atoms with Gasteiger partial charge in [-0.1, -0.05) is 0 Å². The van der Waals surface area contributed by atoms with E-state index in [0.29, 0.717) is 28.1 Å². The predicted octanol–water partition coefficient (Wildman–Crippen LogP) is 2.79. The van der Waals surface area contributed by atoms with Crippen LogP contribution in [0.1, 0.15) is 6.92 Å². The second-order valence-electron chi connectivity index (χ2n) is 3.91. The Kier molecular flexibility index (Phi) is 2.94. The Hall–Kier alpha value is -1.60. The molecule has 0 aliphatic heterocycles. The Bertz CT molecular complexity index is 858. The highest BCUT2D eigenvalue weighted by Crippen LogP contribution is 2.39. The molecule has 3 rings (SSSR count). The summed E-state index contributed by atoms with van der Waals surface area (Å²) in [6.07, 6.45) is 1.55. The van der Waals surface area contributed by atoms with Gasteiger partial charge >= 0.3 is 5.69 Å². The van der Waals surface area contributed by atoms with Crippen LogP contribution in [0.25, 0.3) is 21.5 Å². The summed E-state index contributed by atoms with van der Waals surface area (Å²) in [5.41, 5.74) is 0.00259. The molecule has 3 aromatic heterocycles. The number of nitrogens with zero attached hydrogens (tertiary/aromatic N) is 1. The van der Waals surface area contributed by atoms with Crippen molar-refractivity contribution in [2.75, 3.05) is 0 Å². The fraction of sp³-hybridized carbons (Fsp3) is 0.167. The third kappa shape index (κ3) is 1.81. The van der Waals surface area contributed by atoms with Gasteiger partial charge in [0, 0.05) is 6.54 Å². The van der Waals surface area contributed by atoms with E-state index >= 15 is 0 Å². The van der Waals surface area contributed by atoms with E-state index in [9.17, 15) is 9.59 Å². The van der Waals surface area contributed by atoms with E-state index in [1.54, 1.807) is 25.3 Å². The van der Waals surface area contributed by atoms with Crippen LogP contribution in [0, 0.1) is 0 Å². The van der Waals surface area contributed by atoms with Crippen LogP contribution in [0.15, 0.2) is 36.2 Å². The van der Waals surface area contributed by atoms with Crippen LogP contribution in [0.3, 0.4) is 0 Å². The van der Waals surface area contributed by atoms with Crippen molar-refractivity contribution >= 4 is 37.5 Å². The van der Waals surface area contributed by atoms with Gasteiger partial charge < -0.3 is 4.42 Å². The third-order valence-corrected chi connectivity index (χ3v) is 4.65. The molecule has 0 atom stereocenters. The van der Waals surface area contributed by atoms with Gasteiger partial charge in [0.2, 0.25) is 0 Å². The minimum atomic E-state index is -0.389. The van der Waals surface area contributed by atoms with E-state index in [-0.39, 0.29) is 11.2 Å². The molecular weight excluding hydrogens is 332 g/mol. The molecule has 0 saturated heterocycles. The fourth-order valence-corrected chi connectivity index (χ4v) is 3.81. The summed E-state index contributed by atoms with van der Waals surface area (Å²) in [6.45, 7) is 2.09. The van der Waals surface area contributed by atoms with Crippen LogP contribution in [-0.2, 0) is 6.54 Å². The fourth-order valence-electron chi connectivity index (χ4n) is 2.02. The lowest BCUT2D eigenvalue weighted by molar-refractivity contribution is 0.582. The Morgan fingerprint density at radius 2 is 2.26 bits per heavy atom. The maximum atomic E-state index is 12.4. The number of aromatic amines is 1. The summed E-state index contributed by atoms with van der Waals surface area (Å²) < 4.78 is 7.30. The van der Waals surface area contributed by atoms with Gasteiger partial charge in [-0.25, -0.2) is 4.79 Å². The van der Waals surface area contributed by atoms with Crippen LogP contribution in [0.2, 0.25) is 0 Å². The molecule has 0 fully saturated rings. The summed E-state index contributed by atoms with van der Waals surface area (Å²) in [5.74, 6) is 0.602. The molecule has 0 aliphatic rings. The summed E-state index contributed by atoms with van der Waals surface area (Å²) >= 11 is 4.74. The molecule has 0 unspecified atom stereocenters. The molecule has 0 aliphatic carbocycles. The molecule has 0 bridgehead atoms. The second kappa shape index (κ2) is 4.50. The monoisotopic (exact) mass is 340 g/mol. The zero-order valence-corrected chi connectivity index (χ0v) is 12.3. The molecule has 0 aromatic carbocycles. The minimum absolute atomic E-state index is 0.297. The van der Waals surface area contributed by atoms with Crippen LogP contribution in [0.4, 0.5) is 0 Å². The third-order valence-electron chi connectivity index (χ3n) is 2.87. The lowest BCUT2D eigenvalue weighted by Gasteiger charge is -2.01. The average molecular weight is 341 g/mol. The van der Waals surface area contributed by atoms with Crippen LogP contribution >= 0.6 is 27.3 Å². The van der Waals surface area contributed by atoms with E-state index in [0.717, 1.165) is 3.79 Å². The minimum Gasteiger partial charge on any atom is -0.464 e. The van der Waals surface area contributed by atoms with E-state index in [4.69, 9.17) is 4.42 Å². The number of hydrogen-bond donors (Lipinski definition) is 1. The number of halogens is 1. The number of nitrogens with one attached hydrogen (secondary N) is 1. The largest absolute Gasteiger partial charge is 0.464 e. The molecular formula is C12H9BrN2O3S. The number of H-pyrrole nitrogens is 1. The molecule has 1 N–H and O–H groups in total. The number of aromatic nitrogens is 2. The molecule has 5 nitrogen and oxygen atoms in total. The van der Waals surface area contributed by atoms with Crippen molar-refractivity contribution in [1.29, 1.82) is 0 Å². The number of furan rings is 1. The topological polar surface area (TPSA) is 68.0 Å². The summed E-state index contributed by atoms with van der Waals surface area (Å²) in [6, 6.07) is 3.54. The van der Waals surface area contributed by atoms with Crippen molar-refractivity contribution in [2.45, 2.75) is 13.5 Å². The van der Waals surface area contributed by atoms with Crippen molar-refractivity contribution in [3.8, 4) is 11.3 Å². The second-order valence-corrected chi connectivity index (χ2v) is 6.25. The predicted molar refractivity (Wildman–Crippen MR) is 77.8 cm³/mol. The number of hydrogen-bond acceptors (Lipinski definition) is 4. The van der Waals surface area contributed by atoms with Crippen molar-refractivity contribution in [3.05, 3.63) is 43.0 Å². The van der Waals surface area contributed by atoms with Gasteiger partial charge in [-0.15, -0.1) is 11.3 Å². The van der Waals surface area contributed by atoms with E-state index in [2.05, 4.69) is 20.9 Å². The summed E-state index contributed by atoms with van der Waals surface area (Å²) in [4.78, 5) is 27.4. The van der Waals surface area contributed by atoms with Crippen molar-refractivity contribution in [3.63, 3.8) is 0 Å². The maximum absolute atomic E-state index is 12.4. The zero-order chi connectivity index (χ0) is 13.6. The first-order valence-electron chi connectivity index (χ1n) is 5.62. The highest BCUT2D eigenvalue weighted by Gasteiger charge is 2.19. The highest BCUT2D eigenvalue weighted by molar-refractivity contribution is 9.11. The lowest BCUT2D eigenvalue weighted by Crippen LogP contribution is -2.34. The Morgan fingerprint density at radius 1 is 1.47 bits per heavy atom. The first-order valence-corrected chi connectivity index (χ1v) is 7.23. The van der Waals surface area contributed by atoms with Crippen molar-refractivity contribution < 1.29 is 4.42 Å². The van der Waals surface area contributed by atoms with Gasteiger partial charge in [-0.2, -0.15) is 0 Å². The maximum Gasteiger partial charge on any atom is 0.329 e. The molecule has 3 heterocycles. The van der Waals surface area contributed by atoms with Gasteiger partial charge in [0.15, 0.2) is 0 Å². The SMILES string of the molecule is CCn1c(=O)[nH]c2sc(Br)c(-c3ccco3)c2c1=O. The smallest absolute Gasteiger partial charge is 0.329 e. The Labute approximate surface area is 119 Å². The molecule has 0 radical (unpaired) electrons. The van der Waals surface area contributed by atoms with E-state index < -0.39 is 0 Å². The van der Waals surface area contributed by atoms with Crippen molar-refractivity contribution in [2.24, 2.45) is 0 Å². The lowest BCUT2D eigenvalue weighted by atomic mass is 10.2. The molecule has 0 amide bonds. The highest BCUT2D eigenvalue weighted by atomic mass is 79.9. The zero-order valence-electron chi connectivity index (χ0n) is 9.90. The number of rotatable bonds is 2. The Balaban J connectivity index is 2.51. The first kappa shape index (κ1) is 12.4. The number of fused-ring (bicyclic) bond motifs is 1. The van der Waals surface area contributed by atoms with Gasteiger partial charge in [0.05, 0.1) is 21.0 Å². The molecule has 7 heteroatoms.